The van der Waals surface area contributed by atoms with Gasteiger partial charge in [0.2, 0.25) is 0 Å². The van der Waals surface area contributed by atoms with Gasteiger partial charge in [0.15, 0.2) is 11.6 Å². The van der Waals surface area contributed by atoms with Crippen molar-refractivity contribution in [2.24, 2.45) is 5.41 Å². The fourth-order valence-corrected chi connectivity index (χ4v) is 6.54. The number of carbonyl (C=O) groups is 3. The number of likely N-dealkylation sites (N-methyl/N-ethyl adjacent to an activating group) is 1. The molecular weight excluding hydrogens is 428 g/mol. The molecule has 34 heavy (non-hydrogen) atoms. The second-order valence-corrected chi connectivity index (χ2v) is 9.44. The Kier molecular flexibility index (Phi) is 4.20. The van der Waals surface area contributed by atoms with Crippen molar-refractivity contribution in [1.29, 1.82) is 0 Å². The van der Waals surface area contributed by atoms with E-state index in [1.807, 2.05) is 61.3 Å². The fraction of sp³-hybridized carbons (Fsp3) is 0.250. The third-order valence-corrected chi connectivity index (χ3v) is 7.89. The molecule has 6 heteroatoms. The minimum atomic E-state index is -1.64. The van der Waals surface area contributed by atoms with Crippen LogP contribution in [0.5, 0.6) is 5.75 Å². The summed E-state index contributed by atoms with van der Waals surface area (Å²) in [4.78, 5) is 44.8. The average Bonchev–Trinajstić information content (AvgIpc) is 3.39. The topological polar surface area (TPSA) is 75.7 Å². The van der Waals surface area contributed by atoms with E-state index in [1.165, 1.54) is 0 Å². The molecule has 1 fully saturated rings. The maximum Gasteiger partial charge on any atom is 0.251 e. The van der Waals surface area contributed by atoms with Crippen LogP contribution in [0, 0.1) is 12.3 Å². The van der Waals surface area contributed by atoms with E-state index in [4.69, 9.17) is 4.74 Å². The fourth-order valence-electron chi connectivity index (χ4n) is 6.54. The summed E-state index contributed by atoms with van der Waals surface area (Å²) in [5, 5.41) is 2.99. The van der Waals surface area contributed by atoms with Crippen LogP contribution in [0.25, 0.3) is 0 Å². The molecule has 1 amide bonds. The number of likely N-dealkylation sites (tertiary alicyclic amines) is 1. The van der Waals surface area contributed by atoms with Gasteiger partial charge < -0.3 is 10.1 Å². The van der Waals surface area contributed by atoms with Gasteiger partial charge in [-0.2, -0.15) is 0 Å². The normalized spacial score (nSPS) is 24.6. The van der Waals surface area contributed by atoms with E-state index >= 15 is 0 Å². The van der Waals surface area contributed by atoms with Crippen molar-refractivity contribution >= 4 is 23.2 Å². The number of hydrogen-bond acceptors (Lipinski definition) is 5. The molecule has 170 valence electrons. The van der Waals surface area contributed by atoms with Gasteiger partial charge in [-0.1, -0.05) is 54.1 Å². The molecule has 2 heterocycles. The van der Waals surface area contributed by atoms with Gasteiger partial charge in [0.1, 0.15) is 16.7 Å². The molecule has 0 saturated carbocycles. The standard InChI is InChI=1S/C28H24N2O4/c1-16-11-12-23-21(13-16)28(26(33)29-23)27(24(31)19-9-4-5-10-20(19)25(27)32)22(15-30(28)2)17-7-6-8-18(14-17)34-3/h4-14,22H,15H2,1-3H3,(H,29,33)/t22-,28-/m1/s1. The molecule has 3 aromatic rings. The number of carbonyl (C=O) groups excluding carboxylic acids is 3. The first-order chi connectivity index (χ1) is 16.4. The van der Waals surface area contributed by atoms with Gasteiger partial charge in [0.25, 0.3) is 5.91 Å². The van der Waals surface area contributed by atoms with E-state index in [0.717, 1.165) is 11.1 Å². The Hall–Kier alpha value is -3.77. The molecule has 1 saturated heterocycles. The van der Waals surface area contributed by atoms with E-state index in [-0.39, 0.29) is 17.5 Å². The Morgan fingerprint density at radius 2 is 1.65 bits per heavy atom. The molecule has 0 radical (unpaired) electrons. The first kappa shape index (κ1) is 20.8. The van der Waals surface area contributed by atoms with Crippen molar-refractivity contribution in [2.45, 2.75) is 18.4 Å². The predicted octanol–water partition coefficient (Wildman–Crippen LogP) is 3.95. The van der Waals surface area contributed by atoms with Crippen LogP contribution in [-0.4, -0.2) is 43.1 Å². The number of nitrogens with one attached hydrogen (secondary N) is 1. The van der Waals surface area contributed by atoms with Gasteiger partial charge in [-0.25, -0.2) is 0 Å². The Bertz CT molecular complexity index is 1380. The number of fused-ring (bicyclic) bond motifs is 4. The Morgan fingerprint density at radius 3 is 2.32 bits per heavy atom. The number of ketones is 2. The number of hydrogen-bond donors (Lipinski definition) is 1. The number of Topliss-reactive ketones (excluding diaryl/α,β-unsaturated/α-hetero) is 2. The monoisotopic (exact) mass is 452 g/mol. The van der Waals surface area contributed by atoms with Gasteiger partial charge in [-0.05, 0) is 37.7 Å². The zero-order valence-electron chi connectivity index (χ0n) is 19.2. The van der Waals surface area contributed by atoms with Gasteiger partial charge in [-0.15, -0.1) is 0 Å². The van der Waals surface area contributed by atoms with Crippen molar-refractivity contribution in [3.05, 3.63) is 94.5 Å². The molecule has 2 atom stereocenters. The van der Waals surface area contributed by atoms with Gasteiger partial charge in [0, 0.05) is 34.8 Å². The summed E-state index contributed by atoms with van der Waals surface area (Å²) in [7, 11) is 3.42. The summed E-state index contributed by atoms with van der Waals surface area (Å²) in [5.41, 5.74) is 0.735. The average molecular weight is 453 g/mol. The maximum atomic E-state index is 14.5. The third kappa shape index (κ3) is 2.21. The number of nitrogens with zero attached hydrogens (tertiary/aromatic N) is 1. The van der Waals surface area contributed by atoms with Crippen LogP contribution in [0.15, 0.2) is 66.7 Å². The second-order valence-electron chi connectivity index (χ2n) is 9.44. The van der Waals surface area contributed by atoms with E-state index in [1.54, 1.807) is 31.4 Å². The van der Waals surface area contributed by atoms with Crippen LogP contribution < -0.4 is 10.1 Å². The highest BCUT2D eigenvalue weighted by molar-refractivity contribution is 6.34. The van der Waals surface area contributed by atoms with E-state index < -0.39 is 16.9 Å². The molecule has 2 spiro atoms. The minimum Gasteiger partial charge on any atom is -0.497 e. The van der Waals surface area contributed by atoms with Crippen molar-refractivity contribution in [2.75, 3.05) is 26.0 Å². The highest BCUT2D eigenvalue weighted by atomic mass is 16.5. The van der Waals surface area contributed by atoms with Crippen LogP contribution in [-0.2, 0) is 10.3 Å². The van der Waals surface area contributed by atoms with E-state index in [9.17, 15) is 14.4 Å². The van der Waals surface area contributed by atoms with E-state index in [2.05, 4.69) is 5.32 Å². The lowest BCUT2D eigenvalue weighted by atomic mass is 9.58. The number of aryl methyl sites for hydroxylation is 1. The number of anilines is 1. The Balaban J connectivity index is 1.72. The lowest BCUT2D eigenvalue weighted by Crippen LogP contribution is -2.60. The number of rotatable bonds is 2. The minimum absolute atomic E-state index is 0.297. The third-order valence-electron chi connectivity index (χ3n) is 7.89. The molecule has 0 bridgehead atoms. The second kappa shape index (κ2) is 6.87. The Morgan fingerprint density at radius 1 is 0.941 bits per heavy atom. The molecule has 6 nitrogen and oxygen atoms in total. The zero-order valence-corrected chi connectivity index (χ0v) is 19.2. The van der Waals surface area contributed by atoms with Crippen LogP contribution in [0.2, 0.25) is 0 Å². The highest BCUT2D eigenvalue weighted by Gasteiger charge is 2.78. The first-order valence-corrected chi connectivity index (χ1v) is 11.3. The smallest absolute Gasteiger partial charge is 0.251 e. The van der Waals surface area contributed by atoms with Crippen LogP contribution in [0.4, 0.5) is 5.69 Å². The molecule has 2 aliphatic heterocycles. The molecule has 1 N–H and O–H groups in total. The molecule has 3 aromatic carbocycles. The van der Waals surface area contributed by atoms with Crippen LogP contribution >= 0.6 is 0 Å². The summed E-state index contributed by atoms with van der Waals surface area (Å²) in [6, 6.07) is 20.1. The molecule has 1 aliphatic carbocycles. The van der Waals surface area contributed by atoms with Gasteiger partial charge in [0.05, 0.1) is 7.11 Å². The lowest BCUT2D eigenvalue weighted by Gasteiger charge is -2.42. The van der Waals surface area contributed by atoms with Crippen LogP contribution in [0.1, 0.15) is 43.3 Å². The van der Waals surface area contributed by atoms with Gasteiger partial charge in [-0.3, -0.25) is 19.3 Å². The van der Waals surface area contributed by atoms with Crippen molar-refractivity contribution in [3.8, 4) is 5.75 Å². The molecule has 0 aromatic heterocycles. The molecular formula is C28H24N2O4. The van der Waals surface area contributed by atoms with E-state index in [0.29, 0.717) is 34.7 Å². The quantitative estimate of drug-likeness (QED) is 0.596. The summed E-state index contributed by atoms with van der Waals surface area (Å²) < 4.78 is 5.46. The molecule has 6 rings (SSSR count). The maximum absolute atomic E-state index is 14.5. The summed E-state index contributed by atoms with van der Waals surface area (Å²) in [6.07, 6.45) is 0. The molecule has 0 unspecified atom stereocenters. The van der Waals surface area contributed by atoms with Crippen LogP contribution in [0.3, 0.4) is 0 Å². The highest BCUT2D eigenvalue weighted by Crippen LogP contribution is 2.66. The Labute approximate surface area is 197 Å². The summed E-state index contributed by atoms with van der Waals surface area (Å²) in [6.45, 7) is 2.31. The summed E-state index contributed by atoms with van der Waals surface area (Å²) >= 11 is 0. The predicted molar refractivity (Wildman–Crippen MR) is 127 cm³/mol. The van der Waals surface area contributed by atoms with Crippen molar-refractivity contribution < 1.29 is 19.1 Å². The number of ether oxygens (including phenoxy) is 1. The summed E-state index contributed by atoms with van der Waals surface area (Å²) in [5.74, 6) is -0.837. The van der Waals surface area contributed by atoms with Crippen molar-refractivity contribution in [1.82, 2.24) is 4.90 Å². The lowest BCUT2D eigenvalue weighted by molar-refractivity contribution is -0.128. The number of amides is 1. The number of methoxy groups -OCH3 is 1. The van der Waals surface area contributed by atoms with Gasteiger partial charge >= 0.3 is 0 Å². The first-order valence-electron chi connectivity index (χ1n) is 11.3. The zero-order chi connectivity index (χ0) is 23.8. The largest absolute Gasteiger partial charge is 0.497 e. The van der Waals surface area contributed by atoms with Crippen molar-refractivity contribution in [3.63, 3.8) is 0 Å². The number of benzene rings is 3. The SMILES string of the molecule is COc1cccc([C@H]2CN(C)[C@]3(C(=O)Nc4ccc(C)cc43)C23C(=O)c2ccccc2C3=O)c1. The molecule has 3 aliphatic rings.